The smallest absolute Gasteiger partial charge is 0.262 e. The van der Waals surface area contributed by atoms with E-state index >= 15 is 0 Å². The molecule has 2 saturated heterocycles. The maximum Gasteiger partial charge on any atom is 0.262 e. The number of hydrogen-bond donors (Lipinski definition) is 0. The van der Waals surface area contributed by atoms with E-state index in [-0.39, 0.29) is 5.03 Å². The number of nitrogens with zero attached hydrogens (tertiary/aromatic N) is 7. The van der Waals surface area contributed by atoms with E-state index in [1.165, 1.54) is 4.31 Å². The molecule has 10 nitrogen and oxygen atoms in total. The number of sulfonamides is 1. The number of ether oxygens (including phenoxy) is 1. The highest BCUT2D eigenvalue weighted by Gasteiger charge is 2.31. The molecule has 4 rings (SSSR count). The maximum absolute atomic E-state index is 13.0. The summed E-state index contributed by atoms with van der Waals surface area (Å²) in [6.07, 6.45) is 1.62. The van der Waals surface area contributed by atoms with Crippen LogP contribution < -0.4 is 9.80 Å². The van der Waals surface area contributed by atoms with Crippen molar-refractivity contribution in [2.24, 2.45) is 0 Å². The molecular formula is C19H29N7O3S. The zero-order valence-corrected chi connectivity index (χ0v) is 18.6. The minimum absolute atomic E-state index is 0.128. The van der Waals surface area contributed by atoms with Crippen LogP contribution in [0.1, 0.15) is 18.4 Å². The molecule has 164 valence electrons. The largest absolute Gasteiger partial charge is 0.378 e. The summed E-state index contributed by atoms with van der Waals surface area (Å²) in [4.78, 5) is 17.9. The van der Waals surface area contributed by atoms with Gasteiger partial charge in [-0.1, -0.05) is 0 Å². The molecule has 0 saturated carbocycles. The van der Waals surface area contributed by atoms with Gasteiger partial charge in [-0.25, -0.2) is 18.4 Å². The lowest BCUT2D eigenvalue weighted by Crippen LogP contribution is -2.49. The molecule has 0 aromatic carbocycles. The number of imidazole rings is 1. The molecule has 2 aromatic heterocycles. The van der Waals surface area contributed by atoms with Crippen LogP contribution in [0, 0.1) is 13.8 Å². The maximum atomic E-state index is 13.0. The van der Waals surface area contributed by atoms with Gasteiger partial charge in [-0.2, -0.15) is 9.29 Å². The third kappa shape index (κ3) is 4.14. The van der Waals surface area contributed by atoms with E-state index in [1.807, 2.05) is 31.4 Å². The van der Waals surface area contributed by atoms with Gasteiger partial charge in [-0.3, -0.25) is 0 Å². The monoisotopic (exact) mass is 435 g/mol. The SMILES string of the molecule is CCn1cc(S(=O)(=O)N2CCN(c3cc(C)nc(N4CCOCC4)n3)CC2)nc1C. The topological polar surface area (TPSA) is 96.7 Å². The fraction of sp³-hybridized carbons (Fsp3) is 0.632. The van der Waals surface area contributed by atoms with E-state index in [1.54, 1.807) is 6.20 Å². The van der Waals surface area contributed by atoms with E-state index in [2.05, 4.69) is 19.8 Å². The Morgan fingerprint density at radius 1 is 0.967 bits per heavy atom. The van der Waals surface area contributed by atoms with Gasteiger partial charge in [0.2, 0.25) is 5.95 Å². The molecule has 0 atom stereocenters. The number of hydrogen-bond acceptors (Lipinski definition) is 8. The molecule has 0 amide bonds. The number of anilines is 2. The number of rotatable bonds is 5. The van der Waals surface area contributed by atoms with E-state index in [9.17, 15) is 8.42 Å². The first-order chi connectivity index (χ1) is 14.4. The molecule has 11 heteroatoms. The summed E-state index contributed by atoms with van der Waals surface area (Å²) in [7, 11) is -3.59. The highest BCUT2D eigenvalue weighted by atomic mass is 32.2. The van der Waals surface area contributed by atoms with Gasteiger partial charge in [0, 0.05) is 63.8 Å². The molecule has 0 radical (unpaired) electrons. The van der Waals surface area contributed by atoms with Gasteiger partial charge in [-0.15, -0.1) is 0 Å². The van der Waals surface area contributed by atoms with Crippen molar-refractivity contribution in [2.45, 2.75) is 32.3 Å². The standard InChI is InChI=1S/C19H29N7O3S/c1-4-23-14-18(21-16(23)3)30(27,28)26-7-5-24(6-8-26)17-13-15(2)20-19(22-17)25-9-11-29-12-10-25/h13-14H,4-12H2,1-3H3. The van der Waals surface area contributed by atoms with Crippen LogP contribution >= 0.6 is 0 Å². The average molecular weight is 436 g/mol. The lowest BCUT2D eigenvalue weighted by Gasteiger charge is -2.35. The van der Waals surface area contributed by atoms with E-state index in [0.717, 1.165) is 24.6 Å². The van der Waals surface area contributed by atoms with Gasteiger partial charge in [0.25, 0.3) is 10.0 Å². The second-order valence-corrected chi connectivity index (χ2v) is 9.46. The van der Waals surface area contributed by atoms with Crippen LogP contribution in [-0.4, -0.2) is 84.7 Å². The van der Waals surface area contributed by atoms with Crippen LogP contribution in [0.2, 0.25) is 0 Å². The minimum Gasteiger partial charge on any atom is -0.378 e. The van der Waals surface area contributed by atoms with Gasteiger partial charge < -0.3 is 19.1 Å². The fourth-order valence-electron chi connectivity index (χ4n) is 3.82. The predicted octanol–water partition coefficient (Wildman–Crippen LogP) is 0.657. The second-order valence-electron chi connectivity index (χ2n) is 7.57. The van der Waals surface area contributed by atoms with Gasteiger partial charge in [0.05, 0.1) is 13.2 Å². The molecule has 0 bridgehead atoms. The molecule has 30 heavy (non-hydrogen) atoms. The first kappa shape index (κ1) is 21.0. The molecular weight excluding hydrogens is 406 g/mol. The quantitative estimate of drug-likeness (QED) is 0.676. The third-order valence-corrected chi connectivity index (χ3v) is 7.35. The summed E-state index contributed by atoms with van der Waals surface area (Å²) in [6, 6.07) is 1.96. The van der Waals surface area contributed by atoms with Crippen molar-refractivity contribution in [2.75, 3.05) is 62.3 Å². The normalized spacial score (nSPS) is 18.8. The van der Waals surface area contributed by atoms with Crippen molar-refractivity contribution in [1.82, 2.24) is 23.8 Å². The molecule has 2 aromatic rings. The molecule has 2 aliphatic rings. The Hall–Kier alpha value is -2.24. The summed E-state index contributed by atoms with van der Waals surface area (Å²) in [5, 5.41) is 0.128. The summed E-state index contributed by atoms with van der Waals surface area (Å²) < 4.78 is 34.8. The van der Waals surface area contributed by atoms with Gasteiger partial charge in [0.1, 0.15) is 11.6 Å². The Labute approximate surface area is 177 Å². The van der Waals surface area contributed by atoms with E-state index in [4.69, 9.17) is 9.72 Å². The Balaban J connectivity index is 1.47. The average Bonchev–Trinajstić information content (AvgIpc) is 3.15. The molecule has 0 N–H and O–H groups in total. The van der Waals surface area contributed by atoms with Crippen molar-refractivity contribution < 1.29 is 13.2 Å². The zero-order chi connectivity index (χ0) is 21.3. The molecule has 0 unspecified atom stereocenters. The van der Waals surface area contributed by atoms with Crippen molar-refractivity contribution >= 4 is 21.8 Å². The fourth-order valence-corrected chi connectivity index (χ4v) is 5.23. The third-order valence-electron chi connectivity index (χ3n) is 5.58. The Kier molecular flexibility index (Phi) is 5.94. The van der Waals surface area contributed by atoms with E-state index in [0.29, 0.717) is 57.7 Å². The van der Waals surface area contributed by atoms with Crippen LogP contribution in [0.3, 0.4) is 0 Å². The van der Waals surface area contributed by atoms with E-state index < -0.39 is 10.0 Å². The minimum atomic E-state index is -3.59. The zero-order valence-electron chi connectivity index (χ0n) is 17.8. The predicted molar refractivity (Wildman–Crippen MR) is 113 cm³/mol. The second kappa shape index (κ2) is 8.48. The highest BCUT2D eigenvalue weighted by molar-refractivity contribution is 7.89. The lowest BCUT2D eigenvalue weighted by atomic mass is 10.3. The molecule has 2 aliphatic heterocycles. The van der Waals surface area contributed by atoms with Crippen molar-refractivity contribution in [3.05, 3.63) is 23.8 Å². The highest BCUT2D eigenvalue weighted by Crippen LogP contribution is 2.22. The van der Waals surface area contributed by atoms with Gasteiger partial charge in [-0.05, 0) is 20.8 Å². The molecule has 0 spiro atoms. The summed E-state index contributed by atoms with van der Waals surface area (Å²) in [5.41, 5.74) is 0.900. The van der Waals surface area contributed by atoms with Crippen molar-refractivity contribution in [1.29, 1.82) is 0 Å². The summed E-state index contributed by atoms with van der Waals surface area (Å²) >= 11 is 0. The number of aromatic nitrogens is 4. The number of morpholine rings is 1. The summed E-state index contributed by atoms with van der Waals surface area (Å²) in [6.45, 7) is 11.3. The Morgan fingerprint density at radius 2 is 1.67 bits per heavy atom. The number of piperazine rings is 1. The molecule has 0 aliphatic carbocycles. The van der Waals surface area contributed by atoms with Crippen molar-refractivity contribution in [3.63, 3.8) is 0 Å². The van der Waals surface area contributed by atoms with Crippen molar-refractivity contribution in [3.8, 4) is 0 Å². The number of aryl methyl sites for hydroxylation is 3. The van der Waals surface area contributed by atoms with Crippen LogP contribution in [0.5, 0.6) is 0 Å². The first-order valence-electron chi connectivity index (χ1n) is 10.4. The van der Waals surface area contributed by atoms with Crippen LogP contribution in [0.4, 0.5) is 11.8 Å². The first-order valence-corrected chi connectivity index (χ1v) is 11.8. The Morgan fingerprint density at radius 3 is 2.30 bits per heavy atom. The van der Waals surface area contributed by atoms with Gasteiger partial charge >= 0.3 is 0 Å². The van der Waals surface area contributed by atoms with Crippen LogP contribution in [0.25, 0.3) is 0 Å². The molecule has 4 heterocycles. The van der Waals surface area contributed by atoms with Crippen LogP contribution in [0.15, 0.2) is 17.3 Å². The summed E-state index contributed by atoms with van der Waals surface area (Å²) in [5.74, 6) is 2.26. The van der Waals surface area contributed by atoms with Gasteiger partial charge in [0.15, 0.2) is 5.03 Å². The lowest BCUT2D eigenvalue weighted by molar-refractivity contribution is 0.122. The Bertz CT molecular complexity index is 994. The van der Waals surface area contributed by atoms with Crippen LogP contribution in [-0.2, 0) is 21.3 Å². The molecule has 2 fully saturated rings.